The van der Waals surface area contributed by atoms with Crippen LogP contribution in [-0.2, 0) is 6.54 Å². The van der Waals surface area contributed by atoms with Crippen molar-refractivity contribution in [3.63, 3.8) is 0 Å². The van der Waals surface area contributed by atoms with Crippen molar-refractivity contribution >= 4 is 17.5 Å². The SMILES string of the molecule is O=C(NCc1ccnc(N2CCN(c3ccc(F)cc3)CC2)c1)N[C@H]1CCCN(C2CCCC2)C1. The number of urea groups is 1. The quantitative estimate of drug-likeness (QED) is 0.659. The first-order valence-corrected chi connectivity index (χ1v) is 13.1. The Hall–Kier alpha value is -2.87. The number of carbonyl (C=O) groups excluding carboxylic acids is 1. The number of hydrogen-bond donors (Lipinski definition) is 2. The number of likely N-dealkylation sites (tertiary alicyclic amines) is 1. The summed E-state index contributed by atoms with van der Waals surface area (Å²) in [6.07, 6.45) is 9.34. The molecule has 2 saturated heterocycles. The first kappa shape index (κ1) is 23.9. The normalized spacial score (nSPS) is 21.8. The molecule has 1 saturated carbocycles. The molecule has 0 bridgehead atoms. The van der Waals surface area contributed by atoms with Crippen LogP contribution in [0.5, 0.6) is 0 Å². The fraction of sp³-hybridized carbons (Fsp3) is 0.556. The Bertz CT molecular complexity index is 972. The predicted molar refractivity (Wildman–Crippen MR) is 137 cm³/mol. The van der Waals surface area contributed by atoms with Gasteiger partial charge >= 0.3 is 6.03 Å². The third kappa shape index (κ3) is 6.23. The van der Waals surface area contributed by atoms with E-state index in [2.05, 4.69) is 36.4 Å². The molecule has 3 aliphatic rings. The zero-order valence-electron chi connectivity index (χ0n) is 20.5. The lowest BCUT2D eigenvalue weighted by atomic mass is 10.0. The van der Waals surface area contributed by atoms with Crippen LogP contribution in [0.1, 0.15) is 44.1 Å². The highest BCUT2D eigenvalue weighted by Crippen LogP contribution is 2.26. The highest BCUT2D eigenvalue weighted by Gasteiger charge is 2.28. The Balaban J connectivity index is 1.08. The minimum atomic E-state index is -0.208. The van der Waals surface area contributed by atoms with Crippen molar-refractivity contribution in [3.05, 3.63) is 54.0 Å². The molecule has 1 aromatic carbocycles. The van der Waals surface area contributed by atoms with E-state index in [0.29, 0.717) is 6.54 Å². The second-order valence-electron chi connectivity index (χ2n) is 10.1. The van der Waals surface area contributed by atoms with Gasteiger partial charge in [-0.05, 0) is 74.2 Å². The van der Waals surface area contributed by atoms with Gasteiger partial charge in [-0.15, -0.1) is 0 Å². The van der Waals surface area contributed by atoms with Gasteiger partial charge in [0.1, 0.15) is 11.6 Å². The van der Waals surface area contributed by atoms with Gasteiger partial charge in [0.25, 0.3) is 0 Å². The molecule has 7 nitrogen and oxygen atoms in total. The van der Waals surface area contributed by atoms with E-state index >= 15 is 0 Å². The minimum Gasteiger partial charge on any atom is -0.368 e. The molecule has 2 aromatic rings. The number of halogens is 1. The van der Waals surface area contributed by atoms with Crippen LogP contribution in [0.3, 0.4) is 0 Å². The molecule has 5 rings (SSSR count). The van der Waals surface area contributed by atoms with Crippen molar-refractivity contribution in [1.82, 2.24) is 20.5 Å². The summed E-state index contributed by atoms with van der Waals surface area (Å²) >= 11 is 0. The van der Waals surface area contributed by atoms with E-state index in [4.69, 9.17) is 0 Å². The summed E-state index contributed by atoms with van der Waals surface area (Å²) in [5.74, 6) is 0.725. The number of aromatic nitrogens is 1. The van der Waals surface area contributed by atoms with Crippen LogP contribution in [0, 0.1) is 5.82 Å². The van der Waals surface area contributed by atoms with Crippen molar-refractivity contribution in [3.8, 4) is 0 Å². The van der Waals surface area contributed by atoms with Crippen LogP contribution in [-0.4, -0.2) is 67.3 Å². The summed E-state index contributed by atoms with van der Waals surface area (Å²) < 4.78 is 13.2. The smallest absolute Gasteiger partial charge is 0.315 e. The van der Waals surface area contributed by atoms with Crippen molar-refractivity contribution in [1.29, 1.82) is 0 Å². The molecule has 35 heavy (non-hydrogen) atoms. The molecule has 188 valence electrons. The summed E-state index contributed by atoms with van der Waals surface area (Å²) in [4.78, 5) is 24.3. The van der Waals surface area contributed by atoms with Crippen molar-refractivity contribution in [2.75, 3.05) is 49.1 Å². The molecule has 2 amide bonds. The van der Waals surface area contributed by atoms with E-state index in [9.17, 15) is 9.18 Å². The van der Waals surface area contributed by atoms with Gasteiger partial charge in [0, 0.05) is 63.2 Å². The number of hydrogen-bond acceptors (Lipinski definition) is 5. The maximum Gasteiger partial charge on any atom is 0.315 e. The van der Waals surface area contributed by atoms with Crippen LogP contribution in [0.15, 0.2) is 42.6 Å². The Morgan fingerprint density at radius 3 is 2.46 bits per heavy atom. The van der Waals surface area contributed by atoms with Gasteiger partial charge in [-0.3, -0.25) is 4.90 Å². The van der Waals surface area contributed by atoms with Gasteiger partial charge in [-0.1, -0.05) is 12.8 Å². The number of piperazine rings is 1. The molecule has 0 radical (unpaired) electrons. The number of amides is 2. The monoisotopic (exact) mass is 480 g/mol. The average molecular weight is 481 g/mol. The van der Waals surface area contributed by atoms with Crippen LogP contribution in [0.25, 0.3) is 0 Å². The summed E-state index contributed by atoms with van der Waals surface area (Å²) in [5.41, 5.74) is 2.09. The van der Waals surface area contributed by atoms with Gasteiger partial charge < -0.3 is 20.4 Å². The molecule has 0 spiro atoms. The molecular formula is C27H37FN6O. The largest absolute Gasteiger partial charge is 0.368 e. The lowest BCUT2D eigenvalue weighted by Gasteiger charge is -2.37. The Morgan fingerprint density at radius 2 is 1.69 bits per heavy atom. The molecule has 1 aromatic heterocycles. The Labute approximate surface area is 207 Å². The van der Waals surface area contributed by atoms with Crippen LogP contribution >= 0.6 is 0 Å². The highest BCUT2D eigenvalue weighted by atomic mass is 19.1. The fourth-order valence-corrected chi connectivity index (χ4v) is 5.73. The standard InChI is InChI=1S/C27H37FN6O/c28-22-7-9-25(10-8-22)32-14-16-33(17-15-32)26-18-21(11-12-29-26)19-30-27(35)31-23-4-3-13-34(20-23)24-5-1-2-6-24/h7-12,18,23-24H,1-6,13-17,19-20H2,(H2,30,31,35)/t23-/m0/s1. The van der Waals surface area contributed by atoms with Crippen LogP contribution in [0.4, 0.5) is 20.7 Å². The molecule has 2 aliphatic heterocycles. The van der Waals surface area contributed by atoms with Crippen molar-refractivity contribution < 1.29 is 9.18 Å². The average Bonchev–Trinajstić information content (AvgIpc) is 3.44. The van der Waals surface area contributed by atoms with E-state index in [1.54, 1.807) is 0 Å². The van der Waals surface area contributed by atoms with E-state index in [1.807, 2.05) is 24.4 Å². The third-order valence-electron chi connectivity index (χ3n) is 7.69. The van der Waals surface area contributed by atoms with Crippen molar-refractivity contribution in [2.24, 2.45) is 0 Å². The number of benzene rings is 1. The zero-order valence-corrected chi connectivity index (χ0v) is 20.5. The number of piperidine rings is 1. The van der Waals surface area contributed by atoms with E-state index in [0.717, 1.165) is 68.7 Å². The second-order valence-corrected chi connectivity index (χ2v) is 10.1. The number of nitrogens with one attached hydrogen (secondary N) is 2. The number of carbonyl (C=O) groups is 1. The van der Waals surface area contributed by atoms with Crippen LogP contribution in [0.2, 0.25) is 0 Å². The number of anilines is 2. The first-order valence-electron chi connectivity index (χ1n) is 13.1. The van der Waals surface area contributed by atoms with Crippen molar-refractivity contribution in [2.45, 2.75) is 57.2 Å². The lowest BCUT2D eigenvalue weighted by molar-refractivity contribution is 0.139. The molecule has 3 fully saturated rings. The molecule has 0 unspecified atom stereocenters. The molecule has 2 N–H and O–H groups in total. The fourth-order valence-electron chi connectivity index (χ4n) is 5.73. The van der Waals surface area contributed by atoms with Crippen LogP contribution < -0.4 is 20.4 Å². The third-order valence-corrected chi connectivity index (χ3v) is 7.69. The first-order chi connectivity index (χ1) is 17.1. The van der Waals surface area contributed by atoms with E-state index in [-0.39, 0.29) is 17.9 Å². The number of nitrogens with zero attached hydrogens (tertiary/aromatic N) is 4. The highest BCUT2D eigenvalue weighted by molar-refractivity contribution is 5.74. The van der Waals surface area contributed by atoms with Gasteiger partial charge in [0.2, 0.25) is 0 Å². The number of rotatable bonds is 6. The van der Waals surface area contributed by atoms with Gasteiger partial charge in [0.05, 0.1) is 0 Å². The zero-order chi connectivity index (χ0) is 24.0. The summed E-state index contributed by atoms with van der Waals surface area (Å²) in [7, 11) is 0. The summed E-state index contributed by atoms with van der Waals surface area (Å²) in [6.45, 7) is 6.04. The molecule has 3 heterocycles. The Morgan fingerprint density at radius 1 is 0.943 bits per heavy atom. The second kappa shape index (κ2) is 11.2. The Kier molecular flexibility index (Phi) is 7.66. The van der Waals surface area contributed by atoms with E-state index < -0.39 is 0 Å². The minimum absolute atomic E-state index is 0.0884. The lowest BCUT2D eigenvalue weighted by Crippen LogP contribution is -2.52. The van der Waals surface area contributed by atoms with Gasteiger partial charge in [-0.2, -0.15) is 0 Å². The summed E-state index contributed by atoms with van der Waals surface area (Å²) in [6, 6.07) is 11.6. The van der Waals surface area contributed by atoms with Gasteiger partial charge in [0.15, 0.2) is 0 Å². The molecule has 1 atom stereocenters. The summed E-state index contributed by atoms with van der Waals surface area (Å²) in [5, 5.41) is 6.24. The molecule has 8 heteroatoms. The number of pyridine rings is 1. The van der Waals surface area contributed by atoms with Gasteiger partial charge in [-0.25, -0.2) is 14.2 Å². The molecular weight excluding hydrogens is 443 g/mol. The molecule has 1 aliphatic carbocycles. The topological polar surface area (TPSA) is 63.7 Å². The maximum atomic E-state index is 13.2. The maximum absolute atomic E-state index is 13.2. The van der Waals surface area contributed by atoms with E-state index in [1.165, 1.54) is 44.4 Å². The predicted octanol–water partition coefficient (Wildman–Crippen LogP) is 3.75.